The van der Waals surface area contributed by atoms with Crippen LogP contribution in [-0.2, 0) is 0 Å². The molecule has 0 radical (unpaired) electrons. The van der Waals surface area contributed by atoms with Crippen LogP contribution >= 0.6 is 0 Å². The van der Waals surface area contributed by atoms with Crippen molar-refractivity contribution in [3.63, 3.8) is 0 Å². The fourth-order valence-corrected chi connectivity index (χ4v) is 1.08. The SMILES string of the molecule is Oc1ccc2cccc[n+]2c1. The van der Waals surface area contributed by atoms with Crippen molar-refractivity contribution < 1.29 is 9.51 Å². The highest BCUT2D eigenvalue weighted by Gasteiger charge is 1.99. The van der Waals surface area contributed by atoms with Gasteiger partial charge in [0, 0.05) is 18.2 Å². The van der Waals surface area contributed by atoms with Crippen molar-refractivity contribution in [1.29, 1.82) is 0 Å². The lowest BCUT2D eigenvalue weighted by Crippen LogP contribution is -2.19. The first-order valence-electron chi connectivity index (χ1n) is 3.45. The van der Waals surface area contributed by atoms with Crippen LogP contribution in [0.2, 0.25) is 0 Å². The van der Waals surface area contributed by atoms with Gasteiger partial charge in [0.05, 0.1) is 0 Å². The minimum absolute atomic E-state index is 0.286. The van der Waals surface area contributed by atoms with Gasteiger partial charge >= 0.3 is 0 Å². The van der Waals surface area contributed by atoms with E-state index in [0.717, 1.165) is 5.52 Å². The average molecular weight is 146 g/mol. The van der Waals surface area contributed by atoms with Crippen LogP contribution in [0.3, 0.4) is 0 Å². The first kappa shape index (κ1) is 6.16. The van der Waals surface area contributed by atoms with Crippen molar-refractivity contribution in [1.82, 2.24) is 0 Å². The molecule has 2 heteroatoms. The van der Waals surface area contributed by atoms with Crippen molar-refractivity contribution in [3.05, 3.63) is 42.7 Å². The highest BCUT2D eigenvalue weighted by atomic mass is 16.3. The molecule has 0 aliphatic rings. The Balaban J connectivity index is 2.83. The predicted molar refractivity (Wildman–Crippen MR) is 41.3 cm³/mol. The van der Waals surface area contributed by atoms with Crippen LogP contribution < -0.4 is 4.40 Å². The summed E-state index contributed by atoms with van der Waals surface area (Å²) in [6.45, 7) is 0. The van der Waals surface area contributed by atoms with E-state index in [0.29, 0.717) is 0 Å². The molecule has 0 bridgehead atoms. The van der Waals surface area contributed by atoms with E-state index in [4.69, 9.17) is 5.11 Å². The van der Waals surface area contributed by atoms with Crippen LogP contribution in [0, 0.1) is 0 Å². The Morgan fingerprint density at radius 2 is 2.00 bits per heavy atom. The van der Waals surface area contributed by atoms with Gasteiger partial charge in [0.15, 0.2) is 11.9 Å². The molecule has 54 valence electrons. The summed E-state index contributed by atoms with van der Waals surface area (Å²) >= 11 is 0. The molecule has 2 aromatic heterocycles. The van der Waals surface area contributed by atoms with Crippen molar-refractivity contribution in [3.8, 4) is 5.75 Å². The van der Waals surface area contributed by atoms with Crippen LogP contribution in [0.5, 0.6) is 5.75 Å². The van der Waals surface area contributed by atoms with Crippen molar-refractivity contribution >= 4 is 5.52 Å². The summed E-state index contributed by atoms with van der Waals surface area (Å²) in [4.78, 5) is 0. The molecule has 0 aliphatic carbocycles. The molecule has 0 spiro atoms. The first-order chi connectivity index (χ1) is 5.36. The Morgan fingerprint density at radius 3 is 2.91 bits per heavy atom. The van der Waals surface area contributed by atoms with E-state index in [9.17, 15) is 0 Å². The lowest BCUT2D eigenvalue weighted by molar-refractivity contribution is -0.512. The van der Waals surface area contributed by atoms with Gasteiger partial charge < -0.3 is 5.11 Å². The molecule has 0 atom stereocenters. The normalized spacial score (nSPS) is 10.2. The van der Waals surface area contributed by atoms with Gasteiger partial charge in [0.2, 0.25) is 11.7 Å². The molecule has 11 heavy (non-hydrogen) atoms. The van der Waals surface area contributed by atoms with Gasteiger partial charge in [-0.1, -0.05) is 0 Å². The molecular weight excluding hydrogens is 138 g/mol. The lowest BCUT2D eigenvalue weighted by atomic mass is 10.3. The number of rotatable bonds is 0. The first-order valence-corrected chi connectivity index (χ1v) is 3.45. The number of hydrogen-bond donors (Lipinski definition) is 1. The number of nitrogens with zero attached hydrogens (tertiary/aromatic N) is 1. The number of aromatic hydroxyl groups is 1. The Kier molecular flexibility index (Phi) is 1.25. The minimum atomic E-state index is 0.286. The largest absolute Gasteiger partial charge is 0.503 e. The molecule has 0 aromatic carbocycles. The zero-order valence-corrected chi connectivity index (χ0v) is 5.94. The van der Waals surface area contributed by atoms with Crippen LogP contribution in [-0.4, -0.2) is 5.11 Å². The summed E-state index contributed by atoms with van der Waals surface area (Å²) in [5.41, 5.74) is 1.07. The van der Waals surface area contributed by atoms with E-state index in [2.05, 4.69) is 0 Å². The van der Waals surface area contributed by atoms with E-state index < -0.39 is 0 Å². The third kappa shape index (κ3) is 1.03. The van der Waals surface area contributed by atoms with E-state index in [1.807, 2.05) is 34.9 Å². The number of aromatic nitrogens is 1. The molecule has 0 saturated heterocycles. The molecule has 0 saturated carbocycles. The Hall–Kier alpha value is -1.57. The second-order valence-electron chi connectivity index (χ2n) is 2.42. The highest BCUT2D eigenvalue weighted by Crippen LogP contribution is 2.04. The molecule has 0 aliphatic heterocycles. The van der Waals surface area contributed by atoms with E-state index in [1.165, 1.54) is 0 Å². The predicted octanol–water partition coefficient (Wildman–Crippen LogP) is 1.13. The smallest absolute Gasteiger partial charge is 0.216 e. The summed E-state index contributed by atoms with van der Waals surface area (Å²) in [7, 11) is 0. The molecule has 0 amide bonds. The number of fused-ring (bicyclic) bond motifs is 1. The Morgan fingerprint density at radius 1 is 1.09 bits per heavy atom. The van der Waals surface area contributed by atoms with Gasteiger partial charge in [0.25, 0.3) is 0 Å². The number of hydrogen-bond acceptors (Lipinski definition) is 1. The van der Waals surface area contributed by atoms with Crippen molar-refractivity contribution in [2.75, 3.05) is 0 Å². The zero-order valence-electron chi connectivity index (χ0n) is 5.94. The molecule has 0 unspecified atom stereocenters. The van der Waals surface area contributed by atoms with Gasteiger partial charge in [-0.05, 0) is 12.1 Å². The summed E-state index contributed by atoms with van der Waals surface area (Å²) in [5, 5.41) is 9.11. The van der Waals surface area contributed by atoms with Crippen LogP contribution in [0.15, 0.2) is 42.7 Å². The molecule has 1 N–H and O–H groups in total. The molecule has 2 heterocycles. The summed E-state index contributed by atoms with van der Waals surface area (Å²) in [6.07, 6.45) is 3.57. The quantitative estimate of drug-likeness (QED) is 0.553. The second-order valence-corrected chi connectivity index (χ2v) is 2.42. The van der Waals surface area contributed by atoms with E-state index in [1.54, 1.807) is 12.3 Å². The fourth-order valence-electron chi connectivity index (χ4n) is 1.08. The molecular formula is C9H8NO+. The topological polar surface area (TPSA) is 24.3 Å². The Bertz CT molecular complexity index is 384. The summed E-state index contributed by atoms with van der Waals surface area (Å²) in [5.74, 6) is 0.286. The van der Waals surface area contributed by atoms with Gasteiger partial charge in [-0.2, -0.15) is 4.40 Å². The lowest BCUT2D eigenvalue weighted by Gasteiger charge is -1.89. The second kappa shape index (κ2) is 2.23. The zero-order chi connectivity index (χ0) is 7.68. The number of pyridine rings is 2. The molecule has 2 nitrogen and oxygen atoms in total. The minimum Gasteiger partial charge on any atom is -0.503 e. The van der Waals surface area contributed by atoms with Crippen LogP contribution in [0.1, 0.15) is 0 Å². The van der Waals surface area contributed by atoms with Gasteiger partial charge in [-0.25, -0.2) is 0 Å². The maximum absolute atomic E-state index is 9.11. The highest BCUT2D eigenvalue weighted by molar-refractivity contribution is 5.39. The van der Waals surface area contributed by atoms with Gasteiger partial charge in [-0.15, -0.1) is 0 Å². The summed E-state index contributed by atoms with van der Waals surface area (Å²) < 4.78 is 1.87. The molecule has 2 aromatic rings. The standard InChI is InChI=1S/C9H7NO/c11-9-5-4-8-3-1-2-6-10(8)7-9/h1-7H/p+1. The monoisotopic (exact) mass is 146 g/mol. The Labute approximate surface area is 64.4 Å². The fraction of sp³-hybridized carbons (Fsp3) is 0. The average Bonchev–Trinajstić information content (AvgIpc) is 2.04. The van der Waals surface area contributed by atoms with Crippen molar-refractivity contribution in [2.45, 2.75) is 0 Å². The van der Waals surface area contributed by atoms with E-state index in [-0.39, 0.29) is 5.75 Å². The van der Waals surface area contributed by atoms with Gasteiger partial charge in [0.1, 0.15) is 0 Å². The maximum Gasteiger partial charge on any atom is 0.216 e. The third-order valence-corrected chi connectivity index (χ3v) is 1.62. The molecule has 2 rings (SSSR count). The third-order valence-electron chi connectivity index (χ3n) is 1.62. The maximum atomic E-state index is 9.11. The van der Waals surface area contributed by atoms with Crippen LogP contribution in [0.25, 0.3) is 5.52 Å². The van der Waals surface area contributed by atoms with Crippen molar-refractivity contribution in [2.24, 2.45) is 0 Å². The van der Waals surface area contributed by atoms with E-state index >= 15 is 0 Å². The summed E-state index contributed by atoms with van der Waals surface area (Å²) in [6, 6.07) is 9.42. The van der Waals surface area contributed by atoms with Crippen LogP contribution in [0.4, 0.5) is 0 Å². The van der Waals surface area contributed by atoms with Gasteiger partial charge in [-0.3, -0.25) is 0 Å². The molecule has 0 fully saturated rings.